The molecule has 0 bridgehead atoms. The van der Waals surface area contributed by atoms with E-state index in [1.807, 2.05) is 0 Å². The van der Waals surface area contributed by atoms with Gasteiger partial charge in [-0.2, -0.15) is 0 Å². The molecule has 0 aromatic rings. The predicted octanol–water partition coefficient (Wildman–Crippen LogP) is 2.46. The van der Waals surface area contributed by atoms with Crippen molar-refractivity contribution < 1.29 is 0 Å². The Morgan fingerprint density at radius 3 is 2.08 bits per heavy atom. The van der Waals surface area contributed by atoms with Gasteiger partial charge < -0.3 is 5.32 Å². The normalized spacial score (nSPS) is 36.0. The Morgan fingerprint density at radius 1 is 0.750 bits per heavy atom. The molecule has 3 aliphatic rings. The van der Waals surface area contributed by atoms with Gasteiger partial charge >= 0.3 is 0 Å². The molecule has 12 heavy (non-hydrogen) atoms. The highest BCUT2D eigenvalue weighted by molar-refractivity contribution is 5.17. The number of nitrogens with one attached hydrogen (secondary N) is 1. The zero-order valence-electron chi connectivity index (χ0n) is 7.86. The van der Waals surface area contributed by atoms with E-state index in [-0.39, 0.29) is 0 Å². The summed E-state index contributed by atoms with van der Waals surface area (Å²) in [5.74, 6) is 0. The summed E-state index contributed by atoms with van der Waals surface area (Å²) in [6, 6.07) is 0. The monoisotopic (exact) mass is 165 g/mol. The van der Waals surface area contributed by atoms with E-state index in [0.717, 1.165) is 5.41 Å². The lowest BCUT2D eigenvalue weighted by Gasteiger charge is -2.43. The number of hydrogen-bond acceptors (Lipinski definition) is 1. The van der Waals surface area contributed by atoms with Crippen LogP contribution in [0.2, 0.25) is 0 Å². The van der Waals surface area contributed by atoms with Crippen LogP contribution in [0.25, 0.3) is 0 Å². The van der Waals surface area contributed by atoms with Crippen molar-refractivity contribution in [3.8, 4) is 0 Å². The van der Waals surface area contributed by atoms with Gasteiger partial charge in [0.05, 0.1) is 0 Å². The van der Waals surface area contributed by atoms with Gasteiger partial charge in [0, 0.05) is 5.54 Å². The highest BCUT2D eigenvalue weighted by Crippen LogP contribution is 2.61. The van der Waals surface area contributed by atoms with Crippen LogP contribution in [0.15, 0.2) is 0 Å². The summed E-state index contributed by atoms with van der Waals surface area (Å²) in [4.78, 5) is 0. The smallest absolute Gasteiger partial charge is 0.0239 e. The van der Waals surface area contributed by atoms with Gasteiger partial charge in [0.2, 0.25) is 0 Å². The van der Waals surface area contributed by atoms with E-state index < -0.39 is 0 Å². The molecule has 0 radical (unpaired) electrons. The zero-order valence-corrected chi connectivity index (χ0v) is 7.86. The first-order valence-electron chi connectivity index (χ1n) is 5.62. The fraction of sp³-hybridized carbons (Fsp3) is 1.00. The summed E-state index contributed by atoms with van der Waals surface area (Å²) in [6.07, 6.45) is 12.0. The number of rotatable bonds is 0. The van der Waals surface area contributed by atoms with E-state index in [1.165, 1.54) is 57.9 Å². The van der Waals surface area contributed by atoms with E-state index in [4.69, 9.17) is 0 Å². The molecule has 0 aromatic heterocycles. The molecule has 3 fully saturated rings. The van der Waals surface area contributed by atoms with Gasteiger partial charge in [-0.1, -0.05) is 12.8 Å². The average Bonchev–Trinajstić information content (AvgIpc) is 2.73. The van der Waals surface area contributed by atoms with Crippen molar-refractivity contribution in [1.82, 2.24) is 5.32 Å². The molecule has 0 amide bonds. The summed E-state index contributed by atoms with van der Waals surface area (Å²) in [5, 5.41) is 3.80. The second kappa shape index (κ2) is 2.25. The molecule has 0 aromatic carbocycles. The first kappa shape index (κ1) is 7.37. The molecule has 0 unspecified atom stereocenters. The maximum absolute atomic E-state index is 3.80. The average molecular weight is 165 g/mol. The lowest BCUT2D eigenvalue weighted by Crippen LogP contribution is -2.50. The second-order valence-corrected chi connectivity index (χ2v) is 5.10. The molecule has 1 nitrogen and oxygen atoms in total. The molecule has 1 N–H and O–H groups in total. The summed E-state index contributed by atoms with van der Waals surface area (Å²) in [7, 11) is 0. The van der Waals surface area contributed by atoms with Crippen molar-refractivity contribution >= 4 is 0 Å². The third-order valence-corrected chi connectivity index (χ3v) is 4.62. The van der Waals surface area contributed by atoms with Crippen molar-refractivity contribution in [2.75, 3.05) is 6.54 Å². The van der Waals surface area contributed by atoms with Crippen LogP contribution < -0.4 is 5.32 Å². The van der Waals surface area contributed by atoms with Crippen LogP contribution in [0.1, 0.15) is 51.4 Å². The highest BCUT2D eigenvalue weighted by Gasteiger charge is 2.60. The summed E-state index contributed by atoms with van der Waals surface area (Å²) >= 11 is 0. The third-order valence-electron chi connectivity index (χ3n) is 4.62. The van der Waals surface area contributed by atoms with Crippen molar-refractivity contribution in [2.24, 2.45) is 5.41 Å². The number of piperidine rings is 1. The summed E-state index contributed by atoms with van der Waals surface area (Å²) in [6.45, 7) is 1.29. The van der Waals surface area contributed by atoms with E-state index in [0.29, 0.717) is 5.54 Å². The zero-order chi connectivity index (χ0) is 8.07. The standard InChI is InChI=1S/C11H19N/c1-2-5-10(4-1)6-3-9-12-11(10)7-8-11/h12H,1-9H2. The van der Waals surface area contributed by atoms with Crippen LogP contribution in [0.5, 0.6) is 0 Å². The third kappa shape index (κ3) is 0.783. The van der Waals surface area contributed by atoms with Gasteiger partial charge in [-0.3, -0.25) is 0 Å². The Morgan fingerprint density at radius 2 is 1.42 bits per heavy atom. The van der Waals surface area contributed by atoms with Crippen LogP contribution in [-0.2, 0) is 0 Å². The lowest BCUT2D eigenvalue weighted by molar-refractivity contribution is 0.122. The Labute approximate surface area is 74.9 Å². The minimum Gasteiger partial charge on any atom is -0.311 e. The van der Waals surface area contributed by atoms with Crippen molar-refractivity contribution in [1.29, 1.82) is 0 Å². The number of fused-ring (bicyclic) bond motifs is 1. The molecular formula is C11H19N. The Balaban J connectivity index is 1.89. The van der Waals surface area contributed by atoms with Gasteiger partial charge in [0.15, 0.2) is 0 Å². The quantitative estimate of drug-likeness (QED) is 0.581. The maximum atomic E-state index is 3.80. The Bertz CT molecular complexity index is 187. The molecule has 1 saturated heterocycles. The molecule has 2 aliphatic carbocycles. The van der Waals surface area contributed by atoms with Gasteiger partial charge in [-0.15, -0.1) is 0 Å². The first-order valence-corrected chi connectivity index (χ1v) is 5.62. The van der Waals surface area contributed by atoms with Crippen molar-refractivity contribution in [3.05, 3.63) is 0 Å². The van der Waals surface area contributed by atoms with Crippen LogP contribution >= 0.6 is 0 Å². The molecule has 0 atom stereocenters. The van der Waals surface area contributed by atoms with Crippen LogP contribution in [0, 0.1) is 5.41 Å². The van der Waals surface area contributed by atoms with Crippen LogP contribution in [0.4, 0.5) is 0 Å². The molecule has 1 aliphatic heterocycles. The molecule has 2 saturated carbocycles. The van der Waals surface area contributed by atoms with Crippen LogP contribution in [-0.4, -0.2) is 12.1 Å². The summed E-state index contributed by atoms with van der Waals surface area (Å²) in [5.41, 5.74) is 1.42. The fourth-order valence-electron chi connectivity index (χ4n) is 3.79. The van der Waals surface area contributed by atoms with Gasteiger partial charge in [0.25, 0.3) is 0 Å². The minimum absolute atomic E-state index is 0.655. The Kier molecular flexibility index (Phi) is 1.39. The Hall–Kier alpha value is -0.0400. The molecule has 1 heterocycles. The maximum Gasteiger partial charge on any atom is 0.0239 e. The van der Waals surface area contributed by atoms with Gasteiger partial charge in [-0.25, -0.2) is 0 Å². The van der Waals surface area contributed by atoms with Gasteiger partial charge in [0.1, 0.15) is 0 Å². The molecule has 3 rings (SSSR count). The SMILES string of the molecule is C1CCC2(C1)CCCNC21CC1. The van der Waals surface area contributed by atoms with Crippen LogP contribution in [0.3, 0.4) is 0 Å². The fourth-order valence-corrected chi connectivity index (χ4v) is 3.79. The van der Waals surface area contributed by atoms with E-state index in [1.54, 1.807) is 0 Å². The molecule has 1 heteroatoms. The van der Waals surface area contributed by atoms with E-state index in [9.17, 15) is 0 Å². The summed E-state index contributed by atoms with van der Waals surface area (Å²) < 4.78 is 0. The molecule has 68 valence electrons. The second-order valence-electron chi connectivity index (χ2n) is 5.10. The molecule has 2 spiro atoms. The minimum atomic E-state index is 0.655. The van der Waals surface area contributed by atoms with Crippen molar-refractivity contribution in [3.63, 3.8) is 0 Å². The van der Waals surface area contributed by atoms with E-state index in [2.05, 4.69) is 5.32 Å². The molecular weight excluding hydrogens is 146 g/mol. The highest BCUT2D eigenvalue weighted by atomic mass is 15.1. The first-order chi connectivity index (χ1) is 5.87. The topological polar surface area (TPSA) is 12.0 Å². The number of hydrogen-bond donors (Lipinski definition) is 1. The lowest BCUT2D eigenvalue weighted by atomic mass is 9.70. The van der Waals surface area contributed by atoms with E-state index >= 15 is 0 Å². The van der Waals surface area contributed by atoms with Crippen molar-refractivity contribution in [2.45, 2.75) is 56.9 Å². The van der Waals surface area contributed by atoms with Gasteiger partial charge in [-0.05, 0) is 50.5 Å². The largest absolute Gasteiger partial charge is 0.311 e. The predicted molar refractivity (Wildman–Crippen MR) is 50.1 cm³/mol.